The first-order chi connectivity index (χ1) is 8.45. The van der Waals surface area contributed by atoms with Gasteiger partial charge in [0.2, 0.25) is 5.91 Å². The highest BCUT2D eigenvalue weighted by Crippen LogP contribution is 2.21. The quantitative estimate of drug-likeness (QED) is 0.834. The maximum Gasteiger partial charge on any atom is 0.306 e. The number of nitrogens with one attached hydrogen (secondary N) is 1. The van der Waals surface area contributed by atoms with E-state index < -0.39 is 0 Å². The molecule has 0 aliphatic carbocycles. The Morgan fingerprint density at radius 3 is 2.39 bits per heavy atom. The maximum absolute atomic E-state index is 11.7. The molecule has 1 amide bonds. The summed E-state index contributed by atoms with van der Waals surface area (Å²) in [5.41, 5.74) is 4.22. The van der Waals surface area contributed by atoms with Crippen LogP contribution in [-0.2, 0) is 14.3 Å². The summed E-state index contributed by atoms with van der Waals surface area (Å²) in [6, 6.07) is 3.85. The zero-order valence-electron chi connectivity index (χ0n) is 11.3. The van der Waals surface area contributed by atoms with Crippen molar-refractivity contribution in [3.8, 4) is 0 Å². The van der Waals surface area contributed by atoms with E-state index in [1.807, 2.05) is 32.9 Å². The van der Waals surface area contributed by atoms with Crippen LogP contribution in [0.1, 0.15) is 29.5 Å². The number of benzene rings is 1. The van der Waals surface area contributed by atoms with Crippen molar-refractivity contribution in [1.82, 2.24) is 0 Å². The molecular weight excluding hydrogens is 230 g/mol. The van der Waals surface area contributed by atoms with Crippen molar-refractivity contribution in [2.45, 2.75) is 33.6 Å². The molecule has 4 nitrogen and oxygen atoms in total. The molecule has 0 atom stereocenters. The maximum atomic E-state index is 11.7. The van der Waals surface area contributed by atoms with Gasteiger partial charge in [-0.25, -0.2) is 0 Å². The second-order valence-electron chi connectivity index (χ2n) is 4.30. The SMILES string of the molecule is COC(=O)CCC(=O)Nc1ccc(C)c(C)c1C. The van der Waals surface area contributed by atoms with Crippen LogP contribution in [0.5, 0.6) is 0 Å². The Hall–Kier alpha value is -1.84. The molecule has 4 heteroatoms. The molecule has 0 aliphatic heterocycles. The Labute approximate surface area is 107 Å². The minimum Gasteiger partial charge on any atom is -0.469 e. The Kier molecular flexibility index (Phi) is 4.89. The van der Waals surface area contributed by atoms with Crippen molar-refractivity contribution in [2.24, 2.45) is 0 Å². The summed E-state index contributed by atoms with van der Waals surface area (Å²) in [5, 5.41) is 2.81. The average molecular weight is 249 g/mol. The summed E-state index contributed by atoms with van der Waals surface area (Å²) in [7, 11) is 1.31. The van der Waals surface area contributed by atoms with E-state index in [-0.39, 0.29) is 24.7 Å². The molecule has 0 spiro atoms. The topological polar surface area (TPSA) is 55.4 Å². The van der Waals surface area contributed by atoms with Gasteiger partial charge in [0.25, 0.3) is 0 Å². The number of methoxy groups -OCH3 is 1. The molecule has 0 saturated carbocycles. The number of aryl methyl sites for hydroxylation is 1. The molecule has 18 heavy (non-hydrogen) atoms. The third-order valence-corrected chi connectivity index (χ3v) is 3.12. The van der Waals surface area contributed by atoms with Crippen LogP contribution in [0, 0.1) is 20.8 Å². The molecule has 1 aromatic carbocycles. The summed E-state index contributed by atoms with van der Waals surface area (Å²) >= 11 is 0. The van der Waals surface area contributed by atoms with Gasteiger partial charge in [0.15, 0.2) is 0 Å². The van der Waals surface area contributed by atoms with Crippen molar-refractivity contribution in [3.05, 3.63) is 28.8 Å². The van der Waals surface area contributed by atoms with Crippen molar-refractivity contribution in [1.29, 1.82) is 0 Å². The van der Waals surface area contributed by atoms with Crippen LogP contribution in [0.2, 0.25) is 0 Å². The molecule has 0 heterocycles. The summed E-state index contributed by atoms with van der Waals surface area (Å²) in [5.74, 6) is -0.547. The minimum atomic E-state index is -0.373. The fraction of sp³-hybridized carbons (Fsp3) is 0.429. The summed E-state index contributed by atoms with van der Waals surface area (Å²) in [4.78, 5) is 22.6. The predicted octanol–water partition coefficient (Wildman–Crippen LogP) is 2.50. The van der Waals surface area contributed by atoms with E-state index in [1.54, 1.807) is 0 Å². The van der Waals surface area contributed by atoms with Crippen LogP contribution in [0.4, 0.5) is 5.69 Å². The number of hydrogen-bond acceptors (Lipinski definition) is 3. The molecular formula is C14H19NO3. The molecule has 1 N–H and O–H groups in total. The summed E-state index contributed by atoms with van der Waals surface area (Å²) in [6.07, 6.45) is 0.241. The molecule has 0 aromatic heterocycles. The number of esters is 1. The normalized spacial score (nSPS) is 10.0. The lowest BCUT2D eigenvalue weighted by atomic mass is 10.0. The molecule has 0 aliphatic rings. The third kappa shape index (κ3) is 3.58. The van der Waals surface area contributed by atoms with E-state index in [0.717, 1.165) is 11.3 Å². The fourth-order valence-electron chi connectivity index (χ4n) is 1.62. The fourth-order valence-corrected chi connectivity index (χ4v) is 1.62. The Balaban J connectivity index is 2.65. The smallest absolute Gasteiger partial charge is 0.306 e. The highest BCUT2D eigenvalue weighted by atomic mass is 16.5. The lowest BCUT2D eigenvalue weighted by Crippen LogP contribution is -2.15. The van der Waals surface area contributed by atoms with Gasteiger partial charge in [-0.2, -0.15) is 0 Å². The second kappa shape index (κ2) is 6.19. The number of rotatable bonds is 4. The second-order valence-corrected chi connectivity index (χ2v) is 4.30. The van der Waals surface area contributed by atoms with Gasteiger partial charge in [0.1, 0.15) is 0 Å². The number of carbonyl (C=O) groups is 2. The van der Waals surface area contributed by atoms with Crippen molar-refractivity contribution in [3.63, 3.8) is 0 Å². The Morgan fingerprint density at radius 2 is 1.78 bits per heavy atom. The van der Waals surface area contributed by atoms with Crippen LogP contribution >= 0.6 is 0 Å². The van der Waals surface area contributed by atoms with Crippen molar-refractivity contribution >= 4 is 17.6 Å². The van der Waals surface area contributed by atoms with E-state index >= 15 is 0 Å². The largest absolute Gasteiger partial charge is 0.469 e. The van der Waals surface area contributed by atoms with E-state index in [2.05, 4.69) is 10.1 Å². The van der Waals surface area contributed by atoms with Gasteiger partial charge in [-0.1, -0.05) is 6.07 Å². The standard InChI is InChI=1S/C14H19NO3/c1-9-5-6-12(11(3)10(9)2)15-13(16)7-8-14(17)18-4/h5-6H,7-8H2,1-4H3,(H,15,16). The number of amides is 1. The number of carbonyl (C=O) groups excluding carboxylic acids is 2. The zero-order chi connectivity index (χ0) is 13.7. The van der Waals surface area contributed by atoms with Gasteiger partial charge in [-0.05, 0) is 43.5 Å². The van der Waals surface area contributed by atoms with Crippen LogP contribution in [0.15, 0.2) is 12.1 Å². The number of ether oxygens (including phenoxy) is 1. The lowest BCUT2D eigenvalue weighted by Gasteiger charge is -2.12. The van der Waals surface area contributed by atoms with Gasteiger partial charge < -0.3 is 10.1 Å². The number of hydrogen-bond donors (Lipinski definition) is 1. The van der Waals surface area contributed by atoms with Gasteiger partial charge in [-0.3, -0.25) is 9.59 Å². The Bertz CT molecular complexity index is 466. The van der Waals surface area contributed by atoms with Crippen LogP contribution < -0.4 is 5.32 Å². The monoisotopic (exact) mass is 249 g/mol. The van der Waals surface area contributed by atoms with Gasteiger partial charge in [0, 0.05) is 12.1 Å². The van der Waals surface area contributed by atoms with Crippen molar-refractivity contribution in [2.75, 3.05) is 12.4 Å². The van der Waals surface area contributed by atoms with E-state index in [1.165, 1.54) is 18.2 Å². The first kappa shape index (κ1) is 14.2. The molecule has 0 radical (unpaired) electrons. The first-order valence-electron chi connectivity index (χ1n) is 5.89. The molecule has 98 valence electrons. The van der Waals surface area contributed by atoms with Crippen LogP contribution in [0.3, 0.4) is 0 Å². The van der Waals surface area contributed by atoms with E-state index in [0.29, 0.717) is 0 Å². The predicted molar refractivity (Wildman–Crippen MR) is 70.5 cm³/mol. The van der Waals surface area contributed by atoms with Gasteiger partial charge >= 0.3 is 5.97 Å². The average Bonchev–Trinajstić information content (AvgIpc) is 2.36. The van der Waals surface area contributed by atoms with Gasteiger partial charge in [-0.15, -0.1) is 0 Å². The highest BCUT2D eigenvalue weighted by molar-refractivity contribution is 5.93. The summed E-state index contributed by atoms with van der Waals surface area (Å²) in [6.45, 7) is 6.03. The molecule has 0 unspecified atom stereocenters. The molecule has 0 fully saturated rings. The highest BCUT2D eigenvalue weighted by Gasteiger charge is 2.09. The van der Waals surface area contributed by atoms with Crippen molar-refractivity contribution < 1.29 is 14.3 Å². The van der Waals surface area contributed by atoms with Crippen LogP contribution in [-0.4, -0.2) is 19.0 Å². The van der Waals surface area contributed by atoms with Gasteiger partial charge in [0.05, 0.1) is 13.5 Å². The lowest BCUT2D eigenvalue weighted by molar-refractivity contribution is -0.141. The molecule has 1 aromatic rings. The minimum absolute atomic E-state index is 0.103. The van der Waals surface area contributed by atoms with E-state index in [9.17, 15) is 9.59 Å². The number of anilines is 1. The van der Waals surface area contributed by atoms with Crippen LogP contribution in [0.25, 0.3) is 0 Å². The Morgan fingerprint density at radius 1 is 1.11 bits per heavy atom. The zero-order valence-corrected chi connectivity index (χ0v) is 11.3. The first-order valence-corrected chi connectivity index (χ1v) is 5.89. The summed E-state index contributed by atoms with van der Waals surface area (Å²) < 4.78 is 4.49. The van der Waals surface area contributed by atoms with E-state index in [4.69, 9.17) is 0 Å². The molecule has 0 bridgehead atoms. The third-order valence-electron chi connectivity index (χ3n) is 3.12. The molecule has 1 rings (SSSR count). The molecule has 0 saturated heterocycles.